The molecule has 0 heterocycles. The lowest BCUT2D eigenvalue weighted by Crippen LogP contribution is -2.36. The molecule has 0 aromatic carbocycles. The predicted octanol–water partition coefficient (Wildman–Crippen LogP) is 1.29. The van der Waals surface area contributed by atoms with Gasteiger partial charge in [0, 0.05) is 18.1 Å². The molecule has 1 fully saturated rings. The number of oxime groups is 1. The highest BCUT2D eigenvalue weighted by molar-refractivity contribution is 5.85. The monoisotopic (exact) mass is 257 g/mol. The minimum absolute atomic E-state index is 0.261. The average Bonchev–Trinajstić information content (AvgIpc) is 2.80. The Morgan fingerprint density at radius 3 is 2.78 bits per heavy atom. The van der Waals surface area contributed by atoms with Gasteiger partial charge in [0.1, 0.15) is 5.84 Å². The number of hydrogen-bond donors (Lipinski definition) is 4. The second-order valence-electron chi connectivity index (χ2n) is 5.91. The molecule has 0 aromatic rings. The standard InChI is InChI=1S/C13H27N3O2/c1-13(2,12(14)16-18)7-4-8-15-11-6-3-5-10(11)9-17/h10-11,15,17-18H,3-9H2,1-2H3,(H2,14,16). The van der Waals surface area contributed by atoms with Gasteiger partial charge in [-0.05, 0) is 38.1 Å². The van der Waals surface area contributed by atoms with E-state index in [0.717, 1.165) is 32.2 Å². The van der Waals surface area contributed by atoms with Crippen LogP contribution in [0.1, 0.15) is 46.0 Å². The van der Waals surface area contributed by atoms with Crippen molar-refractivity contribution in [2.45, 2.75) is 52.0 Å². The summed E-state index contributed by atoms with van der Waals surface area (Å²) in [6.07, 6.45) is 5.36. The molecule has 2 unspecified atom stereocenters. The van der Waals surface area contributed by atoms with E-state index in [4.69, 9.17) is 10.9 Å². The zero-order chi connectivity index (χ0) is 13.6. The van der Waals surface area contributed by atoms with E-state index < -0.39 is 0 Å². The molecule has 0 amide bonds. The first kappa shape index (κ1) is 15.2. The number of aliphatic hydroxyl groups is 1. The molecule has 0 aromatic heterocycles. The van der Waals surface area contributed by atoms with Crippen LogP contribution in [0.4, 0.5) is 0 Å². The van der Waals surface area contributed by atoms with Crippen LogP contribution in [0.15, 0.2) is 5.16 Å². The molecular weight excluding hydrogens is 230 g/mol. The molecule has 1 rings (SSSR count). The van der Waals surface area contributed by atoms with Crippen molar-refractivity contribution in [3.8, 4) is 0 Å². The van der Waals surface area contributed by atoms with E-state index in [0.29, 0.717) is 12.0 Å². The maximum atomic E-state index is 9.23. The van der Waals surface area contributed by atoms with Crippen molar-refractivity contribution in [3.05, 3.63) is 0 Å². The van der Waals surface area contributed by atoms with Crippen LogP contribution in [0.3, 0.4) is 0 Å². The zero-order valence-electron chi connectivity index (χ0n) is 11.5. The van der Waals surface area contributed by atoms with Gasteiger partial charge in [0.25, 0.3) is 0 Å². The summed E-state index contributed by atoms with van der Waals surface area (Å²) in [4.78, 5) is 0. The van der Waals surface area contributed by atoms with E-state index in [1.54, 1.807) is 0 Å². The van der Waals surface area contributed by atoms with Crippen LogP contribution in [-0.2, 0) is 0 Å². The Balaban J connectivity index is 2.22. The fraction of sp³-hybridized carbons (Fsp3) is 0.923. The van der Waals surface area contributed by atoms with Gasteiger partial charge >= 0.3 is 0 Å². The van der Waals surface area contributed by atoms with Crippen molar-refractivity contribution < 1.29 is 10.3 Å². The minimum atomic E-state index is -0.261. The van der Waals surface area contributed by atoms with Gasteiger partial charge < -0.3 is 21.4 Å². The van der Waals surface area contributed by atoms with Gasteiger partial charge in [-0.25, -0.2) is 0 Å². The van der Waals surface area contributed by atoms with Gasteiger partial charge in [-0.3, -0.25) is 0 Å². The summed E-state index contributed by atoms with van der Waals surface area (Å²) in [6.45, 7) is 5.17. The molecule has 1 aliphatic rings. The van der Waals surface area contributed by atoms with Crippen molar-refractivity contribution in [1.29, 1.82) is 0 Å². The van der Waals surface area contributed by atoms with Gasteiger partial charge in [-0.2, -0.15) is 0 Å². The van der Waals surface area contributed by atoms with Gasteiger partial charge in [-0.15, -0.1) is 0 Å². The summed E-state index contributed by atoms with van der Waals surface area (Å²) < 4.78 is 0. The molecule has 0 bridgehead atoms. The molecule has 18 heavy (non-hydrogen) atoms. The zero-order valence-corrected chi connectivity index (χ0v) is 11.5. The largest absolute Gasteiger partial charge is 0.409 e. The number of rotatable bonds is 7. The Morgan fingerprint density at radius 2 is 2.17 bits per heavy atom. The third-order valence-electron chi connectivity index (χ3n) is 4.08. The van der Waals surface area contributed by atoms with E-state index in [1.165, 1.54) is 6.42 Å². The van der Waals surface area contributed by atoms with Crippen LogP contribution in [0.2, 0.25) is 0 Å². The Labute approximate surface area is 109 Å². The lowest BCUT2D eigenvalue weighted by molar-refractivity contribution is 0.205. The van der Waals surface area contributed by atoms with Crippen molar-refractivity contribution >= 4 is 5.84 Å². The highest BCUT2D eigenvalue weighted by atomic mass is 16.4. The Bertz CT molecular complexity index is 279. The van der Waals surface area contributed by atoms with Crippen LogP contribution in [0.5, 0.6) is 0 Å². The van der Waals surface area contributed by atoms with Gasteiger partial charge in [0.15, 0.2) is 0 Å². The summed E-state index contributed by atoms with van der Waals surface area (Å²) in [7, 11) is 0. The minimum Gasteiger partial charge on any atom is -0.409 e. The smallest absolute Gasteiger partial charge is 0.144 e. The second kappa shape index (κ2) is 6.95. The Kier molecular flexibility index (Phi) is 5.88. The Hall–Kier alpha value is -0.810. The van der Waals surface area contributed by atoms with Crippen LogP contribution in [-0.4, -0.2) is 35.3 Å². The molecule has 0 saturated heterocycles. The normalized spacial score (nSPS) is 25.6. The highest BCUT2D eigenvalue weighted by Crippen LogP contribution is 2.26. The number of nitrogens with zero attached hydrogens (tertiary/aromatic N) is 1. The lowest BCUT2D eigenvalue weighted by atomic mass is 9.86. The third-order valence-corrected chi connectivity index (χ3v) is 4.08. The van der Waals surface area contributed by atoms with Gasteiger partial charge in [0.05, 0.1) is 0 Å². The van der Waals surface area contributed by atoms with Crippen molar-refractivity contribution in [2.75, 3.05) is 13.2 Å². The van der Waals surface area contributed by atoms with E-state index in [2.05, 4.69) is 10.5 Å². The molecule has 5 nitrogen and oxygen atoms in total. The fourth-order valence-electron chi connectivity index (χ4n) is 2.61. The third kappa shape index (κ3) is 4.14. The van der Waals surface area contributed by atoms with Gasteiger partial charge in [-0.1, -0.05) is 25.4 Å². The van der Waals surface area contributed by atoms with Crippen molar-refractivity contribution in [3.63, 3.8) is 0 Å². The summed E-state index contributed by atoms with van der Waals surface area (Å²) in [5, 5.41) is 24.5. The van der Waals surface area contributed by atoms with Crippen molar-refractivity contribution in [1.82, 2.24) is 5.32 Å². The maximum Gasteiger partial charge on any atom is 0.144 e. The first-order chi connectivity index (χ1) is 8.51. The highest BCUT2D eigenvalue weighted by Gasteiger charge is 2.26. The van der Waals surface area contributed by atoms with E-state index in [1.807, 2.05) is 13.8 Å². The SMILES string of the molecule is CC(C)(CCCNC1CCCC1CO)C(N)=NO. The van der Waals surface area contributed by atoms with Crippen LogP contribution in [0.25, 0.3) is 0 Å². The fourth-order valence-corrected chi connectivity index (χ4v) is 2.61. The summed E-state index contributed by atoms with van der Waals surface area (Å²) >= 11 is 0. The molecule has 2 atom stereocenters. The molecular formula is C13H27N3O2. The molecule has 1 saturated carbocycles. The van der Waals surface area contributed by atoms with E-state index in [9.17, 15) is 5.11 Å². The number of hydrogen-bond acceptors (Lipinski definition) is 4. The molecule has 1 aliphatic carbocycles. The quantitative estimate of drug-likeness (QED) is 0.182. The number of aliphatic hydroxyl groups excluding tert-OH is 1. The number of nitrogens with two attached hydrogens (primary N) is 1. The van der Waals surface area contributed by atoms with Crippen LogP contribution in [0, 0.1) is 11.3 Å². The molecule has 5 N–H and O–H groups in total. The first-order valence-electron chi connectivity index (χ1n) is 6.83. The lowest BCUT2D eigenvalue weighted by Gasteiger charge is -2.24. The summed E-state index contributed by atoms with van der Waals surface area (Å²) in [5.74, 6) is 0.707. The van der Waals surface area contributed by atoms with Crippen LogP contribution < -0.4 is 11.1 Å². The topological polar surface area (TPSA) is 90.9 Å². The number of nitrogens with one attached hydrogen (secondary N) is 1. The van der Waals surface area contributed by atoms with Gasteiger partial charge in [0.2, 0.25) is 0 Å². The average molecular weight is 257 g/mol. The van der Waals surface area contributed by atoms with Crippen LogP contribution >= 0.6 is 0 Å². The maximum absolute atomic E-state index is 9.23. The second-order valence-corrected chi connectivity index (χ2v) is 5.91. The molecule has 0 radical (unpaired) electrons. The molecule has 5 heteroatoms. The predicted molar refractivity (Wildman–Crippen MR) is 72.6 cm³/mol. The van der Waals surface area contributed by atoms with E-state index >= 15 is 0 Å². The molecule has 0 aliphatic heterocycles. The molecule has 106 valence electrons. The molecule has 0 spiro atoms. The van der Waals surface area contributed by atoms with E-state index in [-0.39, 0.29) is 17.9 Å². The van der Waals surface area contributed by atoms with Crippen molar-refractivity contribution in [2.24, 2.45) is 22.2 Å². The number of amidine groups is 1. The Morgan fingerprint density at radius 1 is 1.44 bits per heavy atom. The first-order valence-corrected chi connectivity index (χ1v) is 6.83. The summed E-state index contributed by atoms with van der Waals surface area (Å²) in [5.41, 5.74) is 5.38. The summed E-state index contributed by atoms with van der Waals surface area (Å²) in [6, 6.07) is 0.460.